The molecule has 1 rings (SSSR count). The lowest BCUT2D eigenvalue weighted by Crippen LogP contribution is -2.06. The van der Waals surface area contributed by atoms with Gasteiger partial charge in [-0.1, -0.05) is 11.8 Å². The Bertz CT molecular complexity index is 339. The van der Waals surface area contributed by atoms with Gasteiger partial charge < -0.3 is 15.0 Å². The van der Waals surface area contributed by atoms with Crippen LogP contribution in [0.2, 0.25) is 0 Å². The molecule has 0 aliphatic rings. The van der Waals surface area contributed by atoms with Gasteiger partial charge in [0.1, 0.15) is 5.82 Å². The van der Waals surface area contributed by atoms with E-state index in [1.54, 1.807) is 0 Å². The van der Waals surface area contributed by atoms with Crippen LogP contribution in [-0.2, 0) is 23.1 Å². The fourth-order valence-corrected chi connectivity index (χ4v) is 1.83. The lowest BCUT2D eigenvalue weighted by Gasteiger charge is -2.01. The van der Waals surface area contributed by atoms with Crippen LogP contribution in [0.25, 0.3) is 0 Å². The minimum atomic E-state index is -0.219. The average Bonchev–Trinajstić information content (AvgIpc) is 2.60. The smallest absolute Gasteiger partial charge is 0.306 e. The predicted molar refractivity (Wildman–Crippen MR) is 56.3 cm³/mol. The molecule has 1 aromatic rings. The highest BCUT2D eigenvalue weighted by Gasteiger charge is 2.08. The minimum absolute atomic E-state index is 0.219. The molecule has 84 valence electrons. The van der Waals surface area contributed by atoms with Crippen LogP contribution in [0.15, 0.2) is 5.16 Å². The number of esters is 1. The lowest BCUT2D eigenvalue weighted by molar-refractivity contribution is -0.140. The zero-order chi connectivity index (χ0) is 11.3. The third-order valence-corrected chi connectivity index (χ3v) is 2.89. The van der Waals surface area contributed by atoms with Gasteiger partial charge in [-0.05, 0) is 0 Å². The summed E-state index contributed by atoms with van der Waals surface area (Å²) >= 11 is 1.46. The van der Waals surface area contributed by atoms with Gasteiger partial charge in [-0.2, -0.15) is 0 Å². The van der Waals surface area contributed by atoms with Crippen molar-refractivity contribution in [3.63, 3.8) is 0 Å². The quantitative estimate of drug-likeness (QED) is 0.563. The standard InChI is InChI=1S/C8H14N4O2S/c1-12-6(5-9)10-11-8(12)15-4-3-7(13)14-2/h3-5,9H2,1-2H3. The van der Waals surface area contributed by atoms with Gasteiger partial charge in [-0.25, -0.2) is 0 Å². The summed E-state index contributed by atoms with van der Waals surface area (Å²) in [7, 11) is 3.23. The first-order chi connectivity index (χ1) is 7.19. The van der Waals surface area contributed by atoms with E-state index < -0.39 is 0 Å². The van der Waals surface area contributed by atoms with Crippen molar-refractivity contribution < 1.29 is 9.53 Å². The number of methoxy groups -OCH3 is 1. The Kier molecular flexibility index (Phi) is 4.57. The molecule has 0 bridgehead atoms. The summed E-state index contributed by atoms with van der Waals surface area (Å²) < 4.78 is 6.35. The first-order valence-electron chi connectivity index (χ1n) is 4.47. The first-order valence-corrected chi connectivity index (χ1v) is 5.45. The number of carbonyl (C=O) groups excluding carboxylic acids is 1. The predicted octanol–water partition coefficient (Wildman–Crippen LogP) is -0.0710. The van der Waals surface area contributed by atoms with E-state index in [4.69, 9.17) is 5.73 Å². The zero-order valence-electron chi connectivity index (χ0n) is 8.77. The molecule has 6 nitrogen and oxygen atoms in total. The van der Waals surface area contributed by atoms with E-state index in [9.17, 15) is 4.79 Å². The number of carbonyl (C=O) groups is 1. The molecule has 15 heavy (non-hydrogen) atoms. The third kappa shape index (κ3) is 3.21. The molecule has 0 saturated carbocycles. The van der Waals surface area contributed by atoms with Crippen molar-refractivity contribution in [2.45, 2.75) is 18.1 Å². The molecular weight excluding hydrogens is 216 g/mol. The van der Waals surface area contributed by atoms with Gasteiger partial charge in [0.15, 0.2) is 5.16 Å². The topological polar surface area (TPSA) is 83.0 Å². The molecule has 1 heterocycles. The Morgan fingerprint density at radius 3 is 2.87 bits per heavy atom. The molecular formula is C8H14N4O2S. The number of hydrogen-bond acceptors (Lipinski definition) is 6. The maximum absolute atomic E-state index is 10.8. The van der Waals surface area contributed by atoms with Crippen LogP contribution in [-0.4, -0.2) is 33.6 Å². The van der Waals surface area contributed by atoms with Gasteiger partial charge in [0.25, 0.3) is 0 Å². The molecule has 0 unspecified atom stereocenters. The van der Waals surface area contributed by atoms with Crippen molar-refractivity contribution in [1.82, 2.24) is 14.8 Å². The Balaban J connectivity index is 2.44. The Morgan fingerprint density at radius 2 is 2.33 bits per heavy atom. The summed E-state index contributed by atoms with van der Waals surface area (Å²) in [5.74, 6) is 1.14. The fraction of sp³-hybridized carbons (Fsp3) is 0.625. The van der Waals surface area contributed by atoms with Crippen LogP contribution >= 0.6 is 11.8 Å². The van der Waals surface area contributed by atoms with E-state index in [2.05, 4.69) is 14.9 Å². The molecule has 0 spiro atoms. The van der Waals surface area contributed by atoms with Gasteiger partial charge in [0.2, 0.25) is 0 Å². The van der Waals surface area contributed by atoms with E-state index >= 15 is 0 Å². The highest BCUT2D eigenvalue weighted by Crippen LogP contribution is 2.16. The van der Waals surface area contributed by atoms with Gasteiger partial charge in [-0.3, -0.25) is 4.79 Å². The fourth-order valence-electron chi connectivity index (χ4n) is 0.976. The monoisotopic (exact) mass is 230 g/mol. The van der Waals surface area contributed by atoms with E-state index in [0.29, 0.717) is 18.7 Å². The summed E-state index contributed by atoms with van der Waals surface area (Å²) in [4.78, 5) is 10.8. The van der Waals surface area contributed by atoms with Crippen molar-refractivity contribution in [3.05, 3.63) is 5.82 Å². The van der Waals surface area contributed by atoms with Crippen molar-refractivity contribution in [1.29, 1.82) is 0 Å². The number of aromatic nitrogens is 3. The normalized spacial score (nSPS) is 10.3. The van der Waals surface area contributed by atoms with Crippen LogP contribution in [0.4, 0.5) is 0 Å². The molecule has 0 amide bonds. The van der Waals surface area contributed by atoms with E-state index in [1.165, 1.54) is 18.9 Å². The van der Waals surface area contributed by atoms with Crippen molar-refractivity contribution in [3.8, 4) is 0 Å². The largest absolute Gasteiger partial charge is 0.469 e. The lowest BCUT2D eigenvalue weighted by atomic mass is 10.5. The van der Waals surface area contributed by atoms with Gasteiger partial charge in [0.05, 0.1) is 20.1 Å². The molecule has 0 aliphatic carbocycles. The van der Waals surface area contributed by atoms with Crippen molar-refractivity contribution >= 4 is 17.7 Å². The number of nitrogens with two attached hydrogens (primary N) is 1. The summed E-state index contributed by atoms with van der Waals surface area (Å²) in [5, 5.41) is 8.62. The number of hydrogen-bond donors (Lipinski definition) is 1. The Morgan fingerprint density at radius 1 is 1.60 bits per heavy atom. The second-order valence-corrected chi connectivity index (χ2v) is 3.90. The van der Waals surface area contributed by atoms with Crippen molar-refractivity contribution in [2.75, 3.05) is 12.9 Å². The molecule has 0 aliphatic heterocycles. The Hall–Kier alpha value is -1.08. The van der Waals surface area contributed by atoms with Crippen LogP contribution in [0.5, 0.6) is 0 Å². The SMILES string of the molecule is COC(=O)CCSc1nnc(CN)n1C. The number of thioether (sulfide) groups is 1. The molecule has 0 saturated heterocycles. The first kappa shape index (κ1) is 12.0. The van der Waals surface area contributed by atoms with Crippen LogP contribution < -0.4 is 5.73 Å². The van der Waals surface area contributed by atoms with Gasteiger partial charge in [0, 0.05) is 12.8 Å². The summed E-state index contributed by atoms with van der Waals surface area (Å²) in [5.41, 5.74) is 5.46. The zero-order valence-corrected chi connectivity index (χ0v) is 9.58. The molecule has 1 aromatic heterocycles. The van der Waals surface area contributed by atoms with E-state index in [1.807, 2.05) is 11.6 Å². The maximum atomic E-state index is 10.8. The summed E-state index contributed by atoms with van der Waals surface area (Å²) in [6.07, 6.45) is 0.367. The summed E-state index contributed by atoms with van der Waals surface area (Å²) in [6.45, 7) is 0.362. The summed E-state index contributed by atoms with van der Waals surface area (Å²) in [6, 6.07) is 0. The van der Waals surface area contributed by atoms with Gasteiger partial charge >= 0.3 is 5.97 Å². The third-order valence-electron chi connectivity index (χ3n) is 1.87. The van der Waals surface area contributed by atoms with Crippen LogP contribution in [0, 0.1) is 0 Å². The molecule has 7 heteroatoms. The number of rotatable bonds is 5. The molecule has 0 atom stereocenters. The van der Waals surface area contributed by atoms with Crippen LogP contribution in [0.3, 0.4) is 0 Å². The average molecular weight is 230 g/mol. The van der Waals surface area contributed by atoms with Crippen LogP contribution in [0.1, 0.15) is 12.2 Å². The van der Waals surface area contributed by atoms with E-state index in [0.717, 1.165) is 11.0 Å². The number of nitrogens with zero attached hydrogens (tertiary/aromatic N) is 3. The second-order valence-electron chi connectivity index (χ2n) is 2.84. The molecule has 0 fully saturated rings. The highest BCUT2D eigenvalue weighted by atomic mass is 32.2. The maximum Gasteiger partial charge on any atom is 0.306 e. The van der Waals surface area contributed by atoms with Gasteiger partial charge in [-0.15, -0.1) is 10.2 Å². The Labute approximate surface area is 92.2 Å². The highest BCUT2D eigenvalue weighted by molar-refractivity contribution is 7.99. The number of ether oxygens (including phenoxy) is 1. The minimum Gasteiger partial charge on any atom is -0.469 e. The molecule has 0 aromatic carbocycles. The molecule has 0 radical (unpaired) electrons. The van der Waals surface area contributed by atoms with Crippen molar-refractivity contribution in [2.24, 2.45) is 12.8 Å². The second kappa shape index (κ2) is 5.72. The molecule has 2 N–H and O–H groups in total. The van der Waals surface area contributed by atoms with E-state index in [-0.39, 0.29) is 5.97 Å².